The van der Waals surface area contributed by atoms with Crippen LogP contribution in [0.1, 0.15) is 5.56 Å². The molecule has 1 fully saturated rings. The van der Waals surface area contributed by atoms with E-state index in [4.69, 9.17) is 16.3 Å². The van der Waals surface area contributed by atoms with Crippen molar-refractivity contribution in [3.63, 3.8) is 0 Å². The van der Waals surface area contributed by atoms with Crippen molar-refractivity contribution in [3.8, 4) is 5.75 Å². The maximum absolute atomic E-state index is 12.6. The van der Waals surface area contributed by atoms with Crippen LogP contribution in [0.5, 0.6) is 5.75 Å². The van der Waals surface area contributed by atoms with Gasteiger partial charge in [0, 0.05) is 11.1 Å². The Morgan fingerprint density at radius 1 is 1.23 bits per heavy atom. The highest BCUT2D eigenvalue weighted by atomic mass is 35.5. The van der Waals surface area contributed by atoms with Crippen LogP contribution in [0.4, 0.5) is 16.2 Å². The van der Waals surface area contributed by atoms with Crippen LogP contribution in [0.25, 0.3) is 6.08 Å². The third kappa shape index (κ3) is 3.42. The Labute approximate surface area is 157 Å². The number of amides is 2. The van der Waals surface area contributed by atoms with Crippen LogP contribution in [-0.2, 0) is 4.79 Å². The lowest BCUT2D eigenvalue weighted by Crippen LogP contribution is -2.27. The molecule has 0 unspecified atom stereocenters. The standard InChI is InChI=1S/C17H11ClN2O5S/c1-25-14-6-5-10(7-13(14)20(23)24)8-15-16(21)19(17(22)26-15)12-4-2-3-11(18)9-12/h2-9H,1H3/b15-8+. The number of nitrogens with zero attached hydrogens (tertiary/aromatic N) is 2. The van der Waals surface area contributed by atoms with Gasteiger partial charge in [0.25, 0.3) is 11.1 Å². The summed E-state index contributed by atoms with van der Waals surface area (Å²) < 4.78 is 4.95. The molecule has 9 heteroatoms. The molecule has 0 aliphatic carbocycles. The Kier molecular flexibility index (Phi) is 4.97. The van der Waals surface area contributed by atoms with Gasteiger partial charge in [0.05, 0.1) is 22.6 Å². The SMILES string of the molecule is COc1ccc(/C=C2/SC(=O)N(c3cccc(Cl)c3)C2=O)cc1[N+](=O)[O-]. The number of thioether (sulfide) groups is 1. The van der Waals surface area contributed by atoms with Gasteiger partial charge in [0.15, 0.2) is 5.75 Å². The lowest BCUT2D eigenvalue weighted by Gasteiger charge is -2.12. The van der Waals surface area contributed by atoms with Crippen molar-refractivity contribution in [2.75, 3.05) is 12.0 Å². The van der Waals surface area contributed by atoms with Gasteiger partial charge in [0.1, 0.15) is 0 Å². The molecule has 0 radical (unpaired) electrons. The summed E-state index contributed by atoms with van der Waals surface area (Å²) in [6.07, 6.45) is 1.43. The van der Waals surface area contributed by atoms with Crippen LogP contribution in [-0.4, -0.2) is 23.2 Å². The predicted molar refractivity (Wildman–Crippen MR) is 99.6 cm³/mol. The molecule has 2 amide bonds. The smallest absolute Gasteiger partial charge is 0.311 e. The molecule has 1 heterocycles. The number of imide groups is 1. The molecule has 0 aromatic heterocycles. The average molecular weight is 391 g/mol. The molecule has 0 bridgehead atoms. The number of hydrogen-bond acceptors (Lipinski definition) is 6. The van der Waals surface area contributed by atoms with E-state index in [0.29, 0.717) is 16.3 Å². The van der Waals surface area contributed by atoms with Gasteiger partial charge in [-0.25, -0.2) is 4.90 Å². The topological polar surface area (TPSA) is 89.8 Å². The number of nitro benzene ring substituents is 1. The van der Waals surface area contributed by atoms with E-state index in [9.17, 15) is 19.7 Å². The van der Waals surface area contributed by atoms with E-state index in [0.717, 1.165) is 16.7 Å². The summed E-state index contributed by atoms with van der Waals surface area (Å²) >= 11 is 6.67. The normalized spacial score (nSPS) is 15.6. The van der Waals surface area contributed by atoms with Gasteiger partial charge in [-0.3, -0.25) is 19.7 Å². The molecule has 1 saturated heterocycles. The molecule has 1 aliphatic rings. The van der Waals surface area contributed by atoms with Crippen molar-refractivity contribution in [1.82, 2.24) is 0 Å². The first kappa shape index (κ1) is 18.0. The summed E-state index contributed by atoms with van der Waals surface area (Å²) in [5.41, 5.74) is 0.550. The first-order chi connectivity index (χ1) is 12.4. The summed E-state index contributed by atoms with van der Waals surface area (Å²) in [5, 5.41) is 11.0. The highest BCUT2D eigenvalue weighted by Gasteiger charge is 2.36. The van der Waals surface area contributed by atoms with Crippen LogP contribution in [0, 0.1) is 10.1 Å². The zero-order chi connectivity index (χ0) is 18.8. The molecule has 3 rings (SSSR count). The van der Waals surface area contributed by atoms with Crippen molar-refractivity contribution in [2.45, 2.75) is 0 Å². The van der Waals surface area contributed by atoms with Crippen molar-refractivity contribution >= 4 is 52.0 Å². The quantitative estimate of drug-likeness (QED) is 0.434. The fraction of sp³-hybridized carbons (Fsp3) is 0.0588. The Morgan fingerprint density at radius 2 is 2.00 bits per heavy atom. The number of anilines is 1. The van der Waals surface area contributed by atoms with Gasteiger partial charge in [-0.15, -0.1) is 0 Å². The zero-order valence-corrected chi connectivity index (χ0v) is 14.9. The fourth-order valence-corrected chi connectivity index (χ4v) is 3.42. The van der Waals surface area contributed by atoms with E-state index in [2.05, 4.69) is 0 Å². The average Bonchev–Trinajstić information content (AvgIpc) is 2.88. The molecule has 132 valence electrons. The number of methoxy groups -OCH3 is 1. The molecule has 26 heavy (non-hydrogen) atoms. The number of ether oxygens (including phenoxy) is 1. The third-order valence-corrected chi connectivity index (χ3v) is 4.66. The molecule has 7 nitrogen and oxygen atoms in total. The van der Waals surface area contributed by atoms with Crippen molar-refractivity contribution < 1.29 is 19.2 Å². The first-order valence-corrected chi connectivity index (χ1v) is 8.46. The van der Waals surface area contributed by atoms with E-state index in [1.54, 1.807) is 24.3 Å². The second-order valence-electron chi connectivity index (χ2n) is 5.19. The molecule has 2 aromatic rings. The minimum Gasteiger partial charge on any atom is -0.490 e. The molecule has 0 spiro atoms. The molecular weight excluding hydrogens is 380 g/mol. The number of carbonyl (C=O) groups excluding carboxylic acids is 2. The van der Waals surface area contributed by atoms with E-state index in [1.165, 1.54) is 31.4 Å². The number of rotatable bonds is 4. The predicted octanol–water partition coefficient (Wildman–Crippen LogP) is 4.50. The van der Waals surface area contributed by atoms with E-state index in [1.807, 2.05) is 0 Å². The summed E-state index contributed by atoms with van der Waals surface area (Å²) in [5.74, 6) is -0.403. The molecule has 0 saturated carbocycles. The van der Waals surface area contributed by atoms with Gasteiger partial charge in [0.2, 0.25) is 0 Å². The van der Waals surface area contributed by atoms with Crippen LogP contribution in [0.3, 0.4) is 0 Å². The summed E-state index contributed by atoms with van der Waals surface area (Å²) in [4.78, 5) is 36.5. The van der Waals surface area contributed by atoms with Crippen LogP contribution in [0.15, 0.2) is 47.4 Å². The van der Waals surface area contributed by atoms with Crippen molar-refractivity contribution in [2.24, 2.45) is 0 Å². The Hall–Kier alpha value is -2.84. The third-order valence-electron chi connectivity index (χ3n) is 3.56. The minimum absolute atomic E-state index is 0.110. The number of benzene rings is 2. The van der Waals surface area contributed by atoms with Gasteiger partial charge < -0.3 is 4.74 Å². The Morgan fingerprint density at radius 3 is 2.65 bits per heavy atom. The van der Waals surface area contributed by atoms with Gasteiger partial charge in [-0.2, -0.15) is 0 Å². The van der Waals surface area contributed by atoms with Crippen LogP contribution in [0.2, 0.25) is 5.02 Å². The highest BCUT2D eigenvalue weighted by molar-refractivity contribution is 8.19. The van der Waals surface area contributed by atoms with Gasteiger partial charge in [-0.1, -0.05) is 23.7 Å². The lowest BCUT2D eigenvalue weighted by molar-refractivity contribution is -0.385. The molecule has 2 aromatic carbocycles. The number of halogens is 1. The van der Waals surface area contributed by atoms with Crippen molar-refractivity contribution in [1.29, 1.82) is 0 Å². The monoisotopic (exact) mass is 390 g/mol. The van der Waals surface area contributed by atoms with Gasteiger partial charge in [-0.05, 0) is 47.7 Å². The summed E-state index contributed by atoms with van der Waals surface area (Å²) in [6, 6.07) is 10.7. The highest BCUT2D eigenvalue weighted by Crippen LogP contribution is 2.37. The fourth-order valence-electron chi connectivity index (χ4n) is 2.40. The largest absolute Gasteiger partial charge is 0.490 e. The zero-order valence-electron chi connectivity index (χ0n) is 13.3. The van der Waals surface area contributed by atoms with E-state index < -0.39 is 16.1 Å². The maximum Gasteiger partial charge on any atom is 0.311 e. The van der Waals surface area contributed by atoms with Gasteiger partial charge >= 0.3 is 5.69 Å². The van der Waals surface area contributed by atoms with Crippen molar-refractivity contribution in [3.05, 3.63) is 68.1 Å². The molecule has 1 aliphatic heterocycles. The minimum atomic E-state index is -0.576. The van der Waals surface area contributed by atoms with Crippen LogP contribution < -0.4 is 9.64 Å². The molecule has 0 atom stereocenters. The lowest BCUT2D eigenvalue weighted by atomic mass is 10.1. The molecule has 0 N–H and O–H groups in total. The molecular formula is C17H11ClN2O5S. The Balaban J connectivity index is 1.96. The first-order valence-electron chi connectivity index (χ1n) is 7.26. The number of carbonyl (C=O) groups is 2. The van der Waals surface area contributed by atoms with Crippen LogP contribution >= 0.6 is 23.4 Å². The Bertz CT molecular complexity index is 960. The van der Waals surface area contributed by atoms with E-state index in [-0.39, 0.29) is 16.3 Å². The summed E-state index contributed by atoms with van der Waals surface area (Å²) in [6.45, 7) is 0. The maximum atomic E-state index is 12.6. The number of nitro groups is 1. The second kappa shape index (κ2) is 7.19. The van der Waals surface area contributed by atoms with E-state index >= 15 is 0 Å². The number of hydrogen-bond donors (Lipinski definition) is 0. The summed E-state index contributed by atoms with van der Waals surface area (Å²) in [7, 11) is 1.33. The second-order valence-corrected chi connectivity index (χ2v) is 6.62.